The van der Waals surface area contributed by atoms with E-state index in [2.05, 4.69) is 15.4 Å². The highest BCUT2D eigenvalue weighted by atomic mass is 19.4. The molecule has 2 aromatic rings. The molecule has 1 amide bonds. The van der Waals surface area contributed by atoms with E-state index < -0.39 is 64.4 Å². The van der Waals surface area contributed by atoms with Crippen LogP contribution in [0.3, 0.4) is 0 Å². The van der Waals surface area contributed by atoms with Gasteiger partial charge in [-0.3, -0.25) is 24.6 Å². The van der Waals surface area contributed by atoms with Crippen molar-refractivity contribution in [2.24, 2.45) is 17.6 Å². The Hall–Kier alpha value is -4.80. The molecule has 16 heteroatoms. The minimum Gasteiger partial charge on any atom is -0.510 e. The number of phenols is 1. The lowest BCUT2D eigenvalue weighted by molar-refractivity contribution is -0.274. The predicted octanol–water partition coefficient (Wildman–Crippen LogP) is 2.24. The number of allylic oxidation sites excluding steroid dienone is 1. The fourth-order valence-electron chi connectivity index (χ4n) is 7.02. The van der Waals surface area contributed by atoms with Crippen molar-refractivity contribution in [3.05, 3.63) is 69.7 Å². The highest BCUT2D eigenvalue weighted by molar-refractivity contribution is 6.25. The Morgan fingerprint density at radius 1 is 1.10 bits per heavy atom. The second-order valence-electron chi connectivity index (χ2n) is 12.5. The standard InChI is InChI=1S/C32H36F3N5O8/c1-39(2)20-11-15(12-37-13-38-16-5-7-17(8-6-16)48-32(33,34)35)25(41)22-18(20)9-14-10-19-24(40(3)4)27(43)23(30(36)46)29(45)31(19,47)28(44)21(14)26(22)42/h5-8,11,14,19,24,37-38,41,43-44,47H,9-10,12-13H2,1-4H3,(H2,36,46)/t14?,19?,24-,31-/m0/s1. The quantitative estimate of drug-likeness (QED) is 0.116. The van der Waals surface area contributed by atoms with E-state index in [1.54, 1.807) is 39.2 Å². The van der Waals surface area contributed by atoms with Crippen LogP contribution in [0.25, 0.3) is 0 Å². The SMILES string of the molecule is CN(C)c1cc(CNCNc2ccc(OC(F)(F)F)cc2)c(O)c2c1CC1CC3[C@H](N(C)C)C(O)=C(C(N)=O)C(=O)[C@@]3(O)C(O)=C1C2=O. The molecule has 0 aliphatic heterocycles. The van der Waals surface area contributed by atoms with Crippen LogP contribution in [0.5, 0.6) is 11.5 Å². The van der Waals surface area contributed by atoms with Gasteiger partial charge in [-0.25, -0.2) is 0 Å². The Bertz CT molecular complexity index is 1740. The fraction of sp³-hybridized carbons (Fsp3) is 0.406. The molecule has 48 heavy (non-hydrogen) atoms. The van der Waals surface area contributed by atoms with Crippen LogP contribution in [0.1, 0.15) is 27.9 Å². The third-order valence-electron chi connectivity index (χ3n) is 9.08. The molecule has 4 atom stereocenters. The summed E-state index contributed by atoms with van der Waals surface area (Å²) < 4.78 is 41.1. The normalized spacial score (nSPS) is 23.9. The minimum atomic E-state index is -4.81. The number of nitrogens with zero attached hydrogens (tertiary/aromatic N) is 2. The van der Waals surface area contributed by atoms with Gasteiger partial charge in [-0.15, -0.1) is 13.2 Å². The van der Waals surface area contributed by atoms with Crippen molar-refractivity contribution in [3.8, 4) is 11.5 Å². The molecule has 0 spiro atoms. The van der Waals surface area contributed by atoms with Crippen LogP contribution in [-0.4, -0.2) is 95.7 Å². The van der Waals surface area contributed by atoms with E-state index in [-0.39, 0.29) is 48.7 Å². The molecule has 8 N–H and O–H groups in total. The van der Waals surface area contributed by atoms with Crippen LogP contribution in [0.4, 0.5) is 24.5 Å². The van der Waals surface area contributed by atoms with Gasteiger partial charge in [-0.2, -0.15) is 0 Å². The predicted molar refractivity (Wildman–Crippen MR) is 166 cm³/mol. The number of rotatable bonds is 9. The first-order chi connectivity index (χ1) is 22.4. The number of nitrogens with one attached hydrogen (secondary N) is 2. The van der Waals surface area contributed by atoms with Gasteiger partial charge in [0.15, 0.2) is 11.4 Å². The van der Waals surface area contributed by atoms with Crippen molar-refractivity contribution < 1.29 is 52.7 Å². The van der Waals surface area contributed by atoms with Crippen LogP contribution >= 0.6 is 0 Å². The van der Waals surface area contributed by atoms with Crippen molar-refractivity contribution in [1.82, 2.24) is 10.2 Å². The molecule has 0 bridgehead atoms. The van der Waals surface area contributed by atoms with Gasteiger partial charge in [-0.1, -0.05) is 0 Å². The molecule has 2 aromatic carbocycles. The summed E-state index contributed by atoms with van der Waals surface area (Å²) in [6.45, 7) is 0.145. The van der Waals surface area contributed by atoms with E-state index in [1.165, 1.54) is 17.0 Å². The zero-order valence-corrected chi connectivity index (χ0v) is 26.5. The summed E-state index contributed by atoms with van der Waals surface area (Å²) in [5, 5.41) is 51.7. The van der Waals surface area contributed by atoms with E-state index >= 15 is 0 Å². The molecule has 13 nitrogen and oxygen atoms in total. The number of hydrogen-bond acceptors (Lipinski definition) is 12. The Morgan fingerprint density at radius 3 is 2.31 bits per heavy atom. The first kappa shape index (κ1) is 34.5. The van der Waals surface area contributed by atoms with E-state index in [9.17, 15) is 48.0 Å². The number of aromatic hydroxyl groups is 1. The maximum atomic E-state index is 14.2. The number of nitrogens with two attached hydrogens (primary N) is 1. The van der Waals surface area contributed by atoms with Crippen LogP contribution in [-0.2, 0) is 22.6 Å². The Labute approximate surface area is 273 Å². The number of hydrogen-bond donors (Lipinski definition) is 7. The van der Waals surface area contributed by atoms with Gasteiger partial charge in [0.2, 0.25) is 5.78 Å². The summed E-state index contributed by atoms with van der Waals surface area (Å²) in [6, 6.07) is 5.69. The zero-order chi connectivity index (χ0) is 35.5. The van der Waals surface area contributed by atoms with Crippen molar-refractivity contribution in [1.29, 1.82) is 0 Å². The van der Waals surface area contributed by atoms with Crippen molar-refractivity contribution >= 4 is 28.8 Å². The molecule has 2 unspecified atom stereocenters. The van der Waals surface area contributed by atoms with Crippen LogP contribution in [0, 0.1) is 11.8 Å². The summed E-state index contributed by atoms with van der Waals surface area (Å²) in [4.78, 5) is 43.1. The number of ketones is 2. The summed E-state index contributed by atoms with van der Waals surface area (Å²) in [6.07, 6.45) is -4.70. The average Bonchev–Trinajstić information content (AvgIpc) is 2.97. The van der Waals surface area contributed by atoms with Gasteiger partial charge < -0.3 is 41.1 Å². The summed E-state index contributed by atoms with van der Waals surface area (Å²) in [5.74, 6) is -7.62. The number of carbonyl (C=O) groups is 3. The number of benzene rings is 2. The smallest absolute Gasteiger partial charge is 0.510 e. The number of phenolic OH excluding ortho intramolecular Hbond substituents is 1. The van der Waals surface area contributed by atoms with Crippen molar-refractivity contribution in [2.75, 3.05) is 45.1 Å². The molecule has 0 saturated carbocycles. The number of fused-ring (bicyclic) bond motifs is 3. The van der Waals surface area contributed by atoms with Gasteiger partial charge in [-0.05, 0) is 68.8 Å². The lowest BCUT2D eigenvalue weighted by atomic mass is 9.58. The van der Waals surface area contributed by atoms with Crippen molar-refractivity contribution in [3.63, 3.8) is 0 Å². The number of halogens is 3. The number of aliphatic hydroxyl groups is 3. The van der Waals surface area contributed by atoms with E-state index in [4.69, 9.17) is 5.73 Å². The van der Waals surface area contributed by atoms with Crippen LogP contribution in [0.15, 0.2) is 53.0 Å². The molecule has 258 valence electrons. The first-order valence-corrected chi connectivity index (χ1v) is 14.9. The first-order valence-electron chi connectivity index (χ1n) is 14.9. The van der Waals surface area contributed by atoms with E-state index in [0.717, 1.165) is 12.1 Å². The number of ether oxygens (including phenoxy) is 1. The highest BCUT2D eigenvalue weighted by Gasteiger charge is 2.63. The Balaban J connectivity index is 1.46. The van der Waals surface area contributed by atoms with Crippen LogP contribution in [0.2, 0.25) is 0 Å². The number of Topliss-reactive ketones (excluding diaryl/α,β-unsaturated/α-hetero) is 2. The van der Waals surface area contributed by atoms with Gasteiger partial charge in [0.1, 0.15) is 28.6 Å². The number of alkyl halides is 3. The number of carbonyl (C=O) groups excluding carboxylic acids is 3. The summed E-state index contributed by atoms with van der Waals surface area (Å²) in [5.41, 5.74) is 3.25. The number of likely N-dealkylation sites (N-methyl/N-ethyl adjacent to an activating group) is 1. The second kappa shape index (κ2) is 12.3. The molecule has 0 fully saturated rings. The van der Waals surface area contributed by atoms with Gasteiger partial charge >= 0.3 is 6.36 Å². The molecule has 3 aliphatic carbocycles. The molecule has 3 aliphatic rings. The number of aliphatic hydroxyl groups excluding tert-OH is 2. The molecular formula is C32H36F3N5O8. The fourth-order valence-corrected chi connectivity index (χ4v) is 7.02. The van der Waals surface area contributed by atoms with Gasteiger partial charge in [0, 0.05) is 49.1 Å². The average molecular weight is 676 g/mol. The molecule has 0 radical (unpaired) electrons. The number of anilines is 2. The minimum absolute atomic E-state index is 0.0301. The summed E-state index contributed by atoms with van der Waals surface area (Å²) >= 11 is 0. The highest BCUT2D eigenvalue weighted by Crippen LogP contribution is 2.53. The topological polar surface area (TPSA) is 198 Å². The third kappa shape index (κ3) is 5.79. The van der Waals surface area contributed by atoms with Crippen LogP contribution < -0.4 is 26.0 Å². The second-order valence-corrected chi connectivity index (χ2v) is 12.5. The van der Waals surface area contributed by atoms with Gasteiger partial charge in [0.25, 0.3) is 5.91 Å². The van der Waals surface area contributed by atoms with E-state index in [1.807, 2.05) is 0 Å². The number of primary amides is 1. The molecule has 0 saturated heterocycles. The Morgan fingerprint density at radius 2 is 1.75 bits per heavy atom. The van der Waals surface area contributed by atoms with Gasteiger partial charge in [0.05, 0.1) is 18.3 Å². The zero-order valence-electron chi connectivity index (χ0n) is 26.5. The lowest BCUT2D eigenvalue weighted by Crippen LogP contribution is -2.63. The molecular weight excluding hydrogens is 639 g/mol. The molecule has 0 heterocycles. The third-order valence-corrected chi connectivity index (χ3v) is 9.08. The molecule has 5 rings (SSSR count). The largest absolute Gasteiger partial charge is 0.573 e. The maximum Gasteiger partial charge on any atom is 0.573 e. The monoisotopic (exact) mass is 675 g/mol. The number of amides is 1. The molecule has 0 aromatic heterocycles. The maximum absolute atomic E-state index is 14.2. The Kier molecular flexibility index (Phi) is 8.88. The summed E-state index contributed by atoms with van der Waals surface area (Å²) in [7, 11) is 6.62. The van der Waals surface area contributed by atoms with E-state index in [0.29, 0.717) is 22.5 Å². The lowest BCUT2D eigenvalue weighted by Gasteiger charge is -2.50. The van der Waals surface area contributed by atoms with Crippen molar-refractivity contribution in [2.45, 2.75) is 37.4 Å².